The minimum absolute atomic E-state index is 0.00556. The van der Waals surface area contributed by atoms with Crippen LogP contribution in [0.4, 0.5) is 48.8 Å². The predicted octanol–water partition coefficient (Wildman–Crippen LogP) is 24.5. The van der Waals surface area contributed by atoms with E-state index >= 15 is 0 Å². The Kier molecular flexibility index (Phi) is 36.5. The summed E-state index contributed by atoms with van der Waals surface area (Å²) in [5.74, 6) is 0.747. The Labute approximate surface area is 855 Å². The van der Waals surface area contributed by atoms with Gasteiger partial charge in [0.1, 0.15) is 22.9 Å². The maximum absolute atomic E-state index is 13.1. The molecule has 0 aliphatic heterocycles. The average Bonchev–Trinajstić information content (AvgIpc) is 0.766. The summed E-state index contributed by atoms with van der Waals surface area (Å²) < 4.78 is 13.8. The number of aromatic nitrogens is 4. The highest BCUT2D eigenvalue weighted by Gasteiger charge is 2.41. The lowest BCUT2D eigenvalue weighted by Crippen LogP contribution is -2.45. The summed E-state index contributed by atoms with van der Waals surface area (Å²) in [6.45, 7) is 45.3. The number of aryl methyl sites for hydroxylation is 6. The third-order valence-corrected chi connectivity index (χ3v) is 25.5. The van der Waals surface area contributed by atoms with Gasteiger partial charge in [-0.15, -0.1) is 9.97 Å². The Morgan fingerprint density at radius 1 is 0.437 bits per heavy atom. The molecule has 2 unspecified atom stereocenters. The molecule has 142 heavy (non-hydrogen) atoms. The van der Waals surface area contributed by atoms with Crippen LogP contribution in [0.1, 0.15) is 201 Å². The summed E-state index contributed by atoms with van der Waals surface area (Å²) >= 11 is 10.5. The Bertz CT molecular complexity index is 6770. The summed E-state index contributed by atoms with van der Waals surface area (Å²) in [6.07, 6.45) is 0.472. The van der Waals surface area contributed by atoms with Gasteiger partial charge in [-0.3, -0.25) is 20.2 Å². The van der Waals surface area contributed by atoms with E-state index in [2.05, 4.69) is 169 Å². The summed E-state index contributed by atoms with van der Waals surface area (Å²) in [7, 11) is 0. The second-order valence-electron chi connectivity index (χ2n) is 38.6. The molecule has 29 heteroatoms. The number of fused-ring (bicyclic) bond motifs is 3. The maximum Gasteiger partial charge on any atom is 0.417 e. The molecule has 0 spiro atoms. The molecule has 736 valence electrons. The fourth-order valence-corrected chi connectivity index (χ4v) is 17.6. The van der Waals surface area contributed by atoms with Crippen LogP contribution in [0.25, 0.3) is 54.7 Å². The number of urea groups is 1. The minimum atomic E-state index is -1.05. The molecule has 6 amide bonds. The first kappa shape index (κ1) is 109. The third kappa shape index (κ3) is 29.5. The van der Waals surface area contributed by atoms with Crippen molar-refractivity contribution in [2.45, 2.75) is 194 Å². The average molecular weight is 2110 g/mol. The summed E-state index contributed by atoms with van der Waals surface area (Å²) in [4.78, 5) is 87.7. The van der Waals surface area contributed by atoms with E-state index in [0.29, 0.717) is 103 Å². The van der Waals surface area contributed by atoms with Crippen molar-refractivity contribution in [3.63, 3.8) is 0 Å². The molecule has 26 nitrogen and oxygen atoms in total. The molecule has 0 saturated carbocycles. The van der Waals surface area contributed by atoms with Crippen molar-refractivity contribution in [1.29, 1.82) is 0 Å². The van der Waals surface area contributed by atoms with Crippen LogP contribution < -0.4 is 52.8 Å². The highest BCUT2D eigenvalue weighted by Crippen LogP contribution is 2.47. The van der Waals surface area contributed by atoms with Crippen molar-refractivity contribution < 1.29 is 59.0 Å². The molecule has 0 radical (unpaired) electrons. The number of nitrogens with zero attached hydrogens (tertiary/aromatic N) is 6. The SMILES string of the molecule is CC1(C)CCC(O)c2ccc(Br)cc21.CC1(C)C[C@@H](O)[C@H](N)c2ccc(Br)cc21.Cc1cc(N)c(-c2ccccc2)nc1C(=O)NCC(C)(C)O.Cc1ccc(OC(=O)Nc2cc(C)c(C(=O)NCC(C)(C)O)nc2-c2ccccc2)cc1.[C-]#[N+]c1nc(-c2ccccc2)c(NC(=O)NC2c3ccc(Br)cc3C(C)(C)C[C@H]2O)cc1C.[C-]#[N+]c1nc(-c2ccccc2)c(NC(=O)Oc2ccc(C)cc2)cc1C. The van der Waals surface area contributed by atoms with Crippen molar-refractivity contribution in [2.24, 2.45) is 5.73 Å². The first-order chi connectivity index (χ1) is 67.1. The van der Waals surface area contributed by atoms with Gasteiger partial charge in [-0.1, -0.05) is 277 Å². The normalized spacial score (nSPS) is 15.8. The molecule has 4 heterocycles. The molecule has 9 aromatic carbocycles. The van der Waals surface area contributed by atoms with Crippen LogP contribution in [0.3, 0.4) is 0 Å². The fourth-order valence-electron chi connectivity index (χ4n) is 16.5. The zero-order valence-electron chi connectivity index (χ0n) is 82.4. The van der Waals surface area contributed by atoms with E-state index in [4.69, 9.17) is 34.1 Å². The lowest BCUT2D eigenvalue weighted by molar-refractivity contribution is 0.0691. The zero-order valence-corrected chi connectivity index (χ0v) is 87.1. The van der Waals surface area contributed by atoms with Gasteiger partial charge in [0.15, 0.2) is 11.4 Å². The minimum Gasteiger partial charge on any atom is -0.410 e. The number of ether oxygens (including phenoxy) is 2. The van der Waals surface area contributed by atoms with Crippen LogP contribution in [0, 0.1) is 54.7 Å². The number of benzene rings is 9. The Hall–Kier alpha value is -13.7. The van der Waals surface area contributed by atoms with E-state index in [1.54, 1.807) is 104 Å². The first-order valence-corrected chi connectivity index (χ1v) is 48.6. The number of carbonyl (C=O) groups is 5. The fraction of sp³-hybridized carbons (Fsp3) is 0.283. The van der Waals surface area contributed by atoms with Gasteiger partial charge in [0.2, 0.25) is 0 Å². The standard InChI is InChI=1S/C26H25BrN4O2.C25H27N3O4.C21H17N3O2.C17H21N3O2.C12H16BrNO.C12H15BrO/c1-15-12-20(22(30-24(15)28-4)16-8-6-5-7-9-16)29-25(33)31-23-18-11-10-17(27)13-19(18)26(2,3)14-21(23)32;1-16-10-12-19(13-11-16)32-24(30)27-20-14-17(2)21(23(29)26-15-25(3,4)31)28-22(20)18-8-6-5-7-9-18;1-14-9-11-17(12-10-14)26-21(25)23-18-13-15(2)20(22-3)24-19(18)16-7-5-4-6-8-16;1-11-9-13(18)15(12-7-5-4-6-8-12)20-14(11)16(21)19-10-17(2,3)22;1-12(2)6-10(15)11(14)8-4-3-7(13)5-9(8)12;1-12(2)6-5-11(14)9-4-3-8(13)7-10(9)12/h5-13,21,23,32H,14H2,1-3H3,(H2,29,31,33);5-14,31H,15H2,1-4H3,(H,26,29)(H,27,30);4-13H,1-2H3,(H,23,25);4-9,22H,10,18H2,1-3H3,(H,19,21);3-5,10-11,15H,6,14H2,1-2H3;3-4,7,11,14H,5-6H2,1-2H3/t21-,23?;;;;10-,11-;/m1...1./s1. The number of aliphatic hydroxyl groups excluding tert-OH is 3. The van der Waals surface area contributed by atoms with Crippen molar-refractivity contribution in [2.75, 3.05) is 34.8 Å². The van der Waals surface area contributed by atoms with Crippen molar-refractivity contribution in [3.05, 3.63) is 363 Å². The molecule has 16 rings (SSSR count). The number of nitrogens with two attached hydrogens (primary N) is 2. The van der Waals surface area contributed by atoms with Gasteiger partial charge >= 0.3 is 18.2 Å². The predicted molar refractivity (Wildman–Crippen MR) is 572 cm³/mol. The Morgan fingerprint density at radius 3 is 1.19 bits per heavy atom. The quantitative estimate of drug-likeness (QED) is 0.0400. The topological polar surface area (TPSA) is 389 Å². The number of rotatable bonds is 16. The summed E-state index contributed by atoms with van der Waals surface area (Å²) in [5.41, 5.74) is 29.2. The molecule has 5 atom stereocenters. The highest BCUT2D eigenvalue weighted by atomic mass is 79.9. The van der Waals surface area contributed by atoms with Crippen molar-refractivity contribution in [3.8, 4) is 56.5 Å². The number of carbonyl (C=O) groups excluding carboxylic acids is 5. The number of anilines is 4. The smallest absolute Gasteiger partial charge is 0.410 e. The Morgan fingerprint density at radius 2 is 0.782 bits per heavy atom. The number of hydrogen-bond donors (Lipinski definition) is 13. The molecule has 15 N–H and O–H groups in total. The van der Waals surface area contributed by atoms with E-state index in [1.165, 1.54) is 11.1 Å². The number of halogens is 3. The van der Waals surface area contributed by atoms with Crippen LogP contribution in [0.2, 0.25) is 0 Å². The largest absolute Gasteiger partial charge is 0.417 e. The van der Waals surface area contributed by atoms with Gasteiger partial charge in [-0.2, -0.15) is 0 Å². The monoisotopic (exact) mass is 2100 g/mol. The molecule has 0 saturated heterocycles. The van der Waals surface area contributed by atoms with Crippen LogP contribution in [0.5, 0.6) is 11.5 Å². The first-order valence-electron chi connectivity index (χ1n) is 46.3. The van der Waals surface area contributed by atoms with Gasteiger partial charge < -0.3 is 77.4 Å². The molecular formula is C113H121Br3N14O12. The number of nitrogen functional groups attached to an aromatic ring is 1. The maximum atomic E-state index is 13.1. The molecule has 0 fully saturated rings. The molecular weight excluding hydrogens is 1990 g/mol. The van der Waals surface area contributed by atoms with Crippen LogP contribution >= 0.6 is 47.8 Å². The van der Waals surface area contributed by atoms with Gasteiger partial charge in [0, 0.05) is 48.8 Å². The molecule has 0 bridgehead atoms. The lowest BCUT2D eigenvalue weighted by Gasteiger charge is -2.40. The van der Waals surface area contributed by atoms with Crippen LogP contribution in [-0.4, -0.2) is 112 Å². The van der Waals surface area contributed by atoms with Crippen LogP contribution in [0.15, 0.2) is 262 Å². The number of pyridine rings is 4. The molecule has 13 aromatic rings. The van der Waals surface area contributed by atoms with Crippen molar-refractivity contribution in [1.82, 2.24) is 35.9 Å². The van der Waals surface area contributed by atoms with Crippen molar-refractivity contribution >= 4 is 112 Å². The summed E-state index contributed by atoms with van der Waals surface area (Å²) in [6, 6.07) is 75.8. The van der Waals surface area contributed by atoms with E-state index in [-0.39, 0.29) is 53.1 Å². The molecule has 4 aromatic heterocycles. The number of nitrogens with one attached hydrogen (secondary N) is 6. The Balaban J connectivity index is 0.000000167. The number of hydrogen-bond acceptors (Lipinski definition) is 18. The molecule has 3 aliphatic rings. The highest BCUT2D eigenvalue weighted by molar-refractivity contribution is 9.11. The van der Waals surface area contributed by atoms with Gasteiger partial charge in [-0.25, -0.2) is 24.4 Å². The van der Waals surface area contributed by atoms with Gasteiger partial charge in [0.25, 0.3) is 23.5 Å². The number of amides is 6. The molecule has 3 aliphatic carbocycles. The van der Waals surface area contributed by atoms with Gasteiger partial charge in [-0.05, 0) is 252 Å². The second kappa shape index (κ2) is 47.7. The van der Waals surface area contributed by atoms with E-state index in [1.807, 2.05) is 196 Å². The second-order valence-corrected chi connectivity index (χ2v) is 41.3. The summed E-state index contributed by atoms with van der Waals surface area (Å²) in [5, 5.41) is 67.0. The van der Waals surface area contributed by atoms with E-state index < -0.39 is 53.6 Å². The number of aliphatic hydroxyl groups is 5. The lowest BCUT2D eigenvalue weighted by atomic mass is 9.70. The van der Waals surface area contributed by atoms with E-state index in [0.717, 1.165) is 88.3 Å². The van der Waals surface area contributed by atoms with Crippen LogP contribution in [-0.2, 0) is 16.2 Å². The van der Waals surface area contributed by atoms with Gasteiger partial charge in [0.05, 0.1) is 75.7 Å². The zero-order chi connectivity index (χ0) is 103. The van der Waals surface area contributed by atoms with E-state index in [9.17, 15) is 49.5 Å². The third-order valence-electron chi connectivity index (χ3n) is 24.1.